The molecule has 0 radical (unpaired) electrons. The number of sulfonamides is 1. The smallest absolute Gasteiger partial charge is 0.250 e. The number of anilines is 2. The highest BCUT2D eigenvalue weighted by atomic mass is 35.5. The minimum Gasteiger partial charge on any atom is -0.367 e. The van der Waals surface area contributed by atoms with E-state index >= 15 is 0 Å². The highest BCUT2D eigenvalue weighted by molar-refractivity contribution is 7.92. The van der Waals surface area contributed by atoms with E-state index in [4.69, 9.17) is 16.3 Å². The van der Waals surface area contributed by atoms with Crippen molar-refractivity contribution in [3.8, 4) is 0 Å². The Morgan fingerprint density at radius 3 is 2.60 bits per heavy atom. The summed E-state index contributed by atoms with van der Waals surface area (Å²) in [6.45, 7) is 1.85. The Morgan fingerprint density at radius 2 is 1.92 bits per heavy atom. The van der Waals surface area contributed by atoms with Gasteiger partial charge in [0.1, 0.15) is 6.61 Å². The van der Waals surface area contributed by atoms with Gasteiger partial charge in [-0.05, 0) is 36.2 Å². The molecule has 0 spiro atoms. The predicted octanol–water partition coefficient (Wildman–Crippen LogP) is 3.18. The van der Waals surface area contributed by atoms with Crippen molar-refractivity contribution in [3.63, 3.8) is 0 Å². The van der Waals surface area contributed by atoms with Gasteiger partial charge in [-0.3, -0.25) is 9.52 Å². The third-order valence-electron chi connectivity index (χ3n) is 3.27. The molecule has 0 aliphatic rings. The van der Waals surface area contributed by atoms with Crippen LogP contribution in [0.3, 0.4) is 0 Å². The lowest BCUT2D eigenvalue weighted by atomic mass is 10.2. The van der Waals surface area contributed by atoms with Crippen LogP contribution in [0.15, 0.2) is 42.5 Å². The largest absolute Gasteiger partial charge is 0.367 e. The van der Waals surface area contributed by atoms with Crippen LogP contribution in [0.25, 0.3) is 0 Å². The first kappa shape index (κ1) is 19.2. The number of rotatable bonds is 7. The monoisotopic (exact) mass is 382 g/mol. The third-order valence-corrected chi connectivity index (χ3v) is 4.22. The summed E-state index contributed by atoms with van der Waals surface area (Å²) in [5.41, 5.74) is 2.44. The van der Waals surface area contributed by atoms with Gasteiger partial charge in [0.25, 0.3) is 0 Å². The van der Waals surface area contributed by atoms with Gasteiger partial charge in [-0.1, -0.05) is 35.9 Å². The number of nitrogens with one attached hydrogen (secondary N) is 2. The topological polar surface area (TPSA) is 84.5 Å². The molecule has 6 nitrogen and oxygen atoms in total. The number of benzene rings is 2. The summed E-state index contributed by atoms with van der Waals surface area (Å²) >= 11 is 6.02. The molecule has 0 saturated carbocycles. The number of hydrogen-bond donors (Lipinski definition) is 2. The Labute approximate surface area is 152 Å². The van der Waals surface area contributed by atoms with E-state index in [0.29, 0.717) is 16.4 Å². The van der Waals surface area contributed by atoms with Crippen LogP contribution in [0.2, 0.25) is 5.02 Å². The first-order chi connectivity index (χ1) is 11.7. The van der Waals surface area contributed by atoms with Gasteiger partial charge in [-0.15, -0.1) is 0 Å². The zero-order valence-electron chi connectivity index (χ0n) is 13.9. The molecule has 0 saturated heterocycles. The maximum Gasteiger partial charge on any atom is 0.250 e. The average molecular weight is 383 g/mol. The normalized spacial score (nSPS) is 11.2. The molecule has 0 bridgehead atoms. The first-order valence-electron chi connectivity index (χ1n) is 7.44. The molecule has 2 aromatic rings. The molecule has 0 atom stereocenters. The van der Waals surface area contributed by atoms with E-state index in [1.165, 1.54) is 0 Å². The van der Waals surface area contributed by atoms with Crippen molar-refractivity contribution in [1.82, 2.24) is 0 Å². The van der Waals surface area contributed by atoms with Crippen LogP contribution in [-0.4, -0.2) is 27.2 Å². The van der Waals surface area contributed by atoms with Gasteiger partial charge in [0.05, 0.1) is 18.6 Å². The molecule has 0 heterocycles. The van der Waals surface area contributed by atoms with Crippen LogP contribution in [0.4, 0.5) is 11.4 Å². The van der Waals surface area contributed by atoms with Gasteiger partial charge in [0, 0.05) is 10.7 Å². The molecule has 25 heavy (non-hydrogen) atoms. The van der Waals surface area contributed by atoms with Crippen molar-refractivity contribution in [3.05, 3.63) is 58.6 Å². The molecule has 2 N–H and O–H groups in total. The van der Waals surface area contributed by atoms with Gasteiger partial charge in [0.2, 0.25) is 15.9 Å². The number of ether oxygens (including phenoxy) is 1. The van der Waals surface area contributed by atoms with Gasteiger partial charge < -0.3 is 10.1 Å². The Hall–Kier alpha value is -2.09. The summed E-state index contributed by atoms with van der Waals surface area (Å²) in [6, 6.07) is 12.2. The van der Waals surface area contributed by atoms with Crippen molar-refractivity contribution in [2.45, 2.75) is 13.5 Å². The van der Waals surface area contributed by atoms with E-state index in [-0.39, 0.29) is 19.1 Å². The first-order valence-corrected chi connectivity index (χ1v) is 9.71. The van der Waals surface area contributed by atoms with Crippen molar-refractivity contribution in [1.29, 1.82) is 0 Å². The van der Waals surface area contributed by atoms with E-state index < -0.39 is 10.0 Å². The molecule has 0 unspecified atom stereocenters. The Balaban J connectivity index is 1.92. The SMILES string of the molecule is Cc1ccc(NC(=O)COCc2ccccc2Cl)cc1NS(C)(=O)=O. The molecule has 1 amide bonds. The lowest BCUT2D eigenvalue weighted by molar-refractivity contribution is -0.121. The fourth-order valence-corrected chi connectivity index (χ4v) is 2.89. The fraction of sp³-hybridized carbons (Fsp3) is 0.235. The zero-order valence-corrected chi connectivity index (χ0v) is 15.4. The molecule has 0 fully saturated rings. The van der Waals surface area contributed by atoms with E-state index in [0.717, 1.165) is 17.4 Å². The summed E-state index contributed by atoms with van der Waals surface area (Å²) < 4.78 is 30.5. The highest BCUT2D eigenvalue weighted by Crippen LogP contribution is 2.21. The van der Waals surface area contributed by atoms with E-state index in [2.05, 4.69) is 10.0 Å². The second kappa shape index (κ2) is 8.33. The lowest BCUT2D eigenvalue weighted by Gasteiger charge is -2.11. The fourth-order valence-electron chi connectivity index (χ4n) is 2.08. The molecule has 0 aliphatic carbocycles. The lowest BCUT2D eigenvalue weighted by Crippen LogP contribution is -2.18. The summed E-state index contributed by atoms with van der Waals surface area (Å²) in [5.74, 6) is -0.346. The van der Waals surface area contributed by atoms with Crippen LogP contribution in [0.5, 0.6) is 0 Å². The molecule has 8 heteroatoms. The van der Waals surface area contributed by atoms with Crippen LogP contribution < -0.4 is 10.0 Å². The van der Waals surface area contributed by atoms with Crippen LogP contribution in [0, 0.1) is 6.92 Å². The van der Waals surface area contributed by atoms with Crippen LogP contribution in [0.1, 0.15) is 11.1 Å². The Kier molecular flexibility index (Phi) is 6.41. The molecule has 0 aliphatic heterocycles. The standard InChI is InChI=1S/C17H19ClN2O4S/c1-12-7-8-14(9-16(12)20-25(2,22)23)19-17(21)11-24-10-13-5-3-4-6-15(13)18/h3-9,20H,10-11H2,1-2H3,(H,19,21). The average Bonchev–Trinajstić information content (AvgIpc) is 2.51. The van der Waals surface area contributed by atoms with Crippen molar-refractivity contribution >= 4 is 38.9 Å². The van der Waals surface area contributed by atoms with Crippen molar-refractivity contribution < 1.29 is 17.9 Å². The number of hydrogen-bond acceptors (Lipinski definition) is 4. The summed E-state index contributed by atoms with van der Waals surface area (Å²) in [5, 5.41) is 3.25. The number of carbonyl (C=O) groups excluding carboxylic acids is 1. The number of halogens is 1. The minimum atomic E-state index is -3.39. The predicted molar refractivity (Wildman–Crippen MR) is 99.4 cm³/mol. The van der Waals surface area contributed by atoms with Crippen molar-refractivity contribution in [2.75, 3.05) is 22.9 Å². The molecule has 134 valence electrons. The van der Waals surface area contributed by atoms with Gasteiger partial charge in [-0.25, -0.2) is 8.42 Å². The zero-order chi connectivity index (χ0) is 18.4. The summed E-state index contributed by atoms with van der Waals surface area (Å²) in [7, 11) is -3.39. The number of aryl methyl sites for hydroxylation is 1. The van der Waals surface area contributed by atoms with Gasteiger partial charge in [-0.2, -0.15) is 0 Å². The highest BCUT2D eigenvalue weighted by Gasteiger charge is 2.09. The third kappa shape index (κ3) is 6.38. The van der Waals surface area contributed by atoms with Gasteiger partial charge in [0.15, 0.2) is 0 Å². The molecular formula is C17H19ClN2O4S. The number of carbonyl (C=O) groups is 1. The maximum atomic E-state index is 12.0. The van der Waals surface area contributed by atoms with E-state index in [9.17, 15) is 13.2 Å². The molecule has 0 aromatic heterocycles. The summed E-state index contributed by atoms with van der Waals surface area (Å²) in [6.07, 6.45) is 1.07. The molecule has 2 rings (SSSR count). The van der Waals surface area contributed by atoms with E-state index in [1.54, 1.807) is 31.2 Å². The van der Waals surface area contributed by atoms with Gasteiger partial charge >= 0.3 is 0 Å². The minimum absolute atomic E-state index is 0.145. The maximum absolute atomic E-state index is 12.0. The van der Waals surface area contributed by atoms with E-state index in [1.807, 2.05) is 18.2 Å². The Bertz CT molecular complexity index is 869. The quantitative estimate of drug-likeness (QED) is 0.770. The van der Waals surface area contributed by atoms with Crippen molar-refractivity contribution in [2.24, 2.45) is 0 Å². The second-order valence-electron chi connectivity index (χ2n) is 5.54. The van der Waals surface area contributed by atoms with Crippen LogP contribution >= 0.6 is 11.6 Å². The molecular weight excluding hydrogens is 364 g/mol. The Morgan fingerprint density at radius 1 is 1.20 bits per heavy atom. The van der Waals surface area contributed by atoms with Crippen LogP contribution in [-0.2, 0) is 26.2 Å². The molecule has 2 aromatic carbocycles. The second-order valence-corrected chi connectivity index (χ2v) is 7.69. The number of amides is 1. The summed E-state index contributed by atoms with van der Waals surface area (Å²) in [4.78, 5) is 12.0.